The first kappa shape index (κ1) is 12.4. The van der Waals surface area contributed by atoms with Crippen LogP contribution in [0.1, 0.15) is 19.3 Å². The van der Waals surface area contributed by atoms with Gasteiger partial charge in [0.1, 0.15) is 0 Å². The summed E-state index contributed by atoms with van der Waals surface area (Å²) in [5.74, 6) is -0.452. The fraction of sp³-hybridized carbons (Fsp3) is 0.385. The molecule has 1 amide bonds. The lowest BCUT2D eigenvalue weighted by Gasteiger charge is -2.14. The monoisotopic (exact) mass is 278 g/mol. The fourth-order valence-corrected chi connectivity index (χ4v) is 2.70. The van der Waals surface area contributed by atoms with Crippen LogP contribution in [-0.2, 0) is 4.79 Å². The Morgan fingerprint density at radius 3 is 3.05 bits per heavy atom. The summed E-state index contributed by atoms with van der Waals surface area (Å²) in [5, 5.41) is 12.5. The largest absolute Gasteiger partial charge is 0.429 e. The number of rotatable bonds is 2. The van der Waals surface area contributed by atoms with Crippen LogP contribution in [0.15, 0.2) is 22.6 Å². The predicted octanol–water partition coefficient (Wildman–Crippen LogP) is 2.59. The quantitative estimate of drug-likeness (QED) is 0.738. The van der Waals surface area contributed by atoms with Crippen LogP contribution in [0, 0.1) is 10.8 Å². The molecule has 1 aromatic carbocycles. The molecule has 5 nitrogen and oxygen atoms in total. The summed E-state index contributed by atoms with van der Waals surface area (Å²) in [7, 11) is 0. The average molecular weight is 278 g/mol. The van der Waals surface area contributed by atoms with Crippen molar-refractivity contribution in [2.75, 3.05) is 5.32 Å². The molecule has 3 N–H and O–H groups in total. The first-order valence-electron chi connectivity index (χ1n) is 6.25. The second kappa shape index (κ2) is 4.79. The van der Waals surface area contributed by atoms with E-state index in [0.29, 0.717) is 22.5 Å². The van der Waals surface area contributed by atoms with E-state index >= 15 is 0 Å². The van der Waals surface area contributed by atoms with Gasteiger partial charge in [-0.2, -0.15) is 0 Å². The summed E-state index contributed by atoms with van der Waals surface area (Å²) in [4.78, 5) is 15.2. The number of carbonyl (C=O) groups excluding carboxylic acids is 1. The second-order valence-corrected chi connectivity index (χ2v) is 5.19. The number of carbonyl (C=O) groups is 1. The van der Waals surface area contributed by atoms with E-state index in [-0.39, 0.29) is 11.8 Å². The summed E-state index contributed by atoms with van der Waals surface area (Å²) < 4.78 is 5.30. The van der Waals surface area contributed by atoms with Crippen molar-refractivity contribution in [1.29, 1.82) is 0 Å². The molecule has 1 aliphatic carbocycles. The van der Waals surface area contributed by atoms with E-state index in [1.165, 1.54) is 0 Å². The molecule has 0 radical (unpaired) electrons. The number of aromatic nitrogens is 1. The topological polar surface area (TPSA) is 78.3 Å². The number of aliphatic hydroxyl groups is 1. The van der Waals surface area contributed by atoms with Crippen LogP contribution < -0.4 is 5.32 Å². The van der Waals surface area contributed by atoms with Gasteiger partial charge in [0.15, 0.2) is 5.58 Å². The minimum atomic E-state index is -0.528. The minimum absolute atomic E-state index is 0.140. The molecule has 2 unspecified atom stereocenters. The van der Waals surface area contributed by atoms with E-state index in [9.17, 15) is 9.90 Å². The van der Waals surface area contributed by atoms with Crippen molar-refractivity contribution in [2.24, 2.45) is 5.92 Å². The van der Waals surface area contributed by atoms with E-state index in [0.717, 1.165) is 18.4 Å². The van der Waals surface area contributed by atoms with Gasteiger partial charge < -0.3 is 19.8 Å². The highest BCUT2D eigenvalue weighted by Gasteiger charge is 2.31. The molecule has 1 aromatic heterocycles. The van der Waals surface area contributed by atoms with E-state index < -0.39 is 6.10 Å². The second-order valence-electron chi connectivity index (χ2n) is 4.82. The van der Waals surface area contributed by atoms with Crippen LogP contribution >= 0.6 is 12.2 Å². The highest BCUT2D eigenvalue weighted by molar-refractivity contribution is 7.71. The first-order valence-corrected chi connectivity index (χ1v) is 6.66. The van der Waals surface area contributed by atoms with Crippen LogP contribution in [0.4, 0.5) is 5.69 Å². The van der Waals surface area contributed by atoms with Gasteiger partial charge in [-0.05, 0) is 43.6 Å². The molecule has 0 aliphatic heterocycles. The number of anilines is 1. The van der Waals surface area contributed by atoms with Crippen molar-refractivity contribution in [1.82, 2.24) is 4.98 Å². The van der Waals surface area contributed by atoms with Crippen molar-refractivity contribution >= 4 is 34.9 Å². The first-order chi connectivity index (χ1) is 9.13. The summed E-state index contributed by atoms with van der Waals surface area (Å²) in [5.41, 5.74) is 2.05. The number of oxazole rings is 1. The highest BCUT2D eigenvalue weighted by atomic mass is 32.1. The SMILES string of the molecule is O=C(Nc1ccc2[nH]c(=S)oc2c1)C1CCCC1O. The molecule has 1 heterocycles. The molecule has 1 aliphatic rings. The number of hydrogen-bond acceptors (Lipinski definition) is 4. The van der Waals surface area contributed by atoms with Crippen LogP contribution in [0.25, 0.3) is 11.1 Å². The lowest BCUT2D eigenvalue weighted by molar-refractivity contribution is -0.122. The molecule has 0 spiro atoms. The molecule has 100 valence electrons. The van der Waals surface area contributed by atoms with Gasteiger partial charge in [-0.25, -0.2) is 0 Å². The highest BCUT2D eigenvalue weighted by Crippen LogP contribution is 2.27. The minimum Gasteiger partial charge on any atom is -0.429 e. The number of nitrogens with one attached hydrogen (secondary N) is 2. The zero-order valence-electron chi connectivity index (χ0n) is 10.2. The summed E-state index contributed by atoms with van der Waals surface area (Å²) in [6, 6.07) is 5.30. The van der Waals surface area contributed by atoms with Crippen LogP contribution in [-0.4, -0.2) is 22.1 Å². The number of fused-ring (bicyclic) bond motifs is 1. The van der Waals surface area contributed by atoms with Crippen molar-refractivity contribution in [3.8, 4) is 0 Å². The fourth-order valence-electron chi connectivity index (χ4n) is 2.50. The maximum atomic E-state index is 12.0. The molecule has 1 fully saturated rings. The van der Waals surface area contributed by atoms with Crippen molar-refractivity contribution in [2.45, 2.75) is 25.4 Å². The summed E-state index contributed by atoms with van der Waals surface area (Å²) in [6.45, 7) is 0. The molecule has 1 saturated carbocycles. The van der Waals surface area contributed by atoms with Crippen LogP contribution in [0.3, 0.4) is 0 Å². The van der Waals surface area contributed by atoms with Gasteiger partial charge in [-0.1, -0.05) is 0 Å². The summed E-state index contributed by atoms with van der Waals surface area (Å²) >= 11 is 4.90. The maximum Gasteiger partial charge on any atom is 0.266 e. The third-order valence-electron chi connectivity index (χ3n) is 3.50. The summed E-state index contributed by atoms with van der Waals surface area (Å²) in [6.07, 6.45) is 1.80. The third-order valence-corrected chi connectivity index (χ3v) is 3.69. The lowest BCUT2D eigenvalue weighted by Crippen LogP contribution is -2.28. The Hall–Kier alpha value is -1.66. The molecule has 6 heteroatoms. The van der Waals surface area contributed by atoms with Crippen molar-refractivity contribution < 1.29 is 14.3 Å². The van der Waals surface area contributed by atoms with Gasteiger partial charge in [0, 0.05) is 11.8 Å². The molecular formula is C13H14N2O3S. The van der Waals surface area contributed by atoms with E-state index in [2.05, 4.69) is 10.3 Å². The molecule has 2 aromatic rings. The molecule has 2 atom stereocenters. The van der Waals surface area contributed by atoms with Gasteiger partial charge >= 0.3 is 0 Å². The zero-order chi connectivity index (χ0) is 13.4. The Morgan fingerprint density at radius 1 is 1.47 bits per heavy atom. The van der Waals surface area contributed by atoms with Gasteiger partial charge in [0.25, 0.3) is 4.84 Å². The number of aromatic amines is 1. The van der Waals surface area contributed by atoms with Gasteiger partial charge in [-0.3, -0.25) is 4.79 Å². The standard InChI is InChI=1S/C13H14N2O3S/c16-10-3-1-2-8(10)12(17)14-7-4-5-9-11(6-7)18-13(19)15-9/h4-6,8,10,16H,1-3H2,(H,14,17)(H,15,19). The van der Waals surface area contributed by atoms with Crippen LogP contribution in [0.5, 0.6) is 0 Å². The maximum absolute atomic E-state index is 12.0. The number of hydrogen-bond donors (Lipinski definition) is 3. The van der Waals surface area contributed by atoms with E-state index in [1.54, 1.807) is 18.2 Å². The van der Waals surface area contributed by atoms with Gasteiger partial charge in [0.2, 0.25) is 5.91 Å². The zero-order valence-corrected chi connectivity index (χ0v) is 11.0. The Balaban J connectivity index is 1.80. The van der Waals surface area contributed by atoms with Gasteiger partial charge in [-0.15, -0.1) is 0 Å². The average Bonchev–Trinajstić information content (AvgIpc) is 2.93. The van der Waals surface area contributed by atoms with Crippen LogP contribution in [0.2, 0.25) is 0 Å². The smallest absolute Gasteiger partial charge is 0.266 e. The molecule has 3 rings (SSSR count). The normalized spacial score (nSPS) is 22.8. The lowest BCUT2D eigenvalue weighted by atomic mass is 10.1. The third kappa shape index (κ3) is 2.41. The number of amides is 1. The molecule has 0 bridgehead atoms. The number of H-pyrrole nitrogens is 1. The molecular weight excluding hydrogens is 264 g/mol. The van der Waals surface area contributed by atoms with E-state index in [4.69, 9.17) is 16.6 Å². The van der Waals surface area contributed by atoms with Crippen molar-refractivity contribution in [3.63, 3.8) is 0 Å². The number of benzene rings is 1. The molecule has 0 saturated heterocycles. The number of aliphatic hydroxyl groups excluding tert-OH is 1. The predicted molar refractivity (Wildman–Crippen MR) is 73.4 cm³/mol. The Kier molecular flexibility index (Phi) is 3.12. The van der Waals surface area contributed by atoms with E-state index in [1.807, 2.05) is 0 Å². The Morgan fingerprint density at radius 2 is 2.32 bits per heavy atom. The van der Waals surface area contributed by atoms with Crippen molar-refractivity contribution in [3.05, 3.63) is 23.0 Å². The molecule has 19 heavy (non-hydrogen) atoms. The Labute approximate surface area is 114 Å². The van der Waals surface area contributed by atoms with Gasteiger partial charge in [0.05, 0.1) is 17.5 Å². The Bertz CT molecular complexity index is 676.